The average molecular weight is 416 g/mol. The normalized spacial score (nSPS) is 11.1. The molecule has 148 valence electrons. The van der Waals surface area contributed by atoms with Crippen LogP contribution in [0.1, 0.15) is 11.1 Å². The lowest BCUT2D eigenvalue weighted by molar-refractivity contribution is 0.431. The molecule has 1 N–H and O–H groups in total. The van der Waals surface area contributed by atoms with E-state index in [9.17, 15) is 8.42 Å². The van der Waals surface area contributed by atoms with Gasteiger partial charge < -0.3 is 4.52 Å². The van der Waals surface area contributed by atoms with E-state index in [0.29, 0.717) is 22.6 Å². The van der Waals surface area contributed by atoms with E-state index in [1.807, 2.05) is 37.3 Å². The summed E-state index contributed by atoms with van der Waals surface area (Å²) in [4.78, 5) is 4.39. The minimum Gasteiger partial charge on any atom is -0.334 e. The molecule has 30 heavy (non-hydrogen) atoms. The van der Waals surface area contributed by atoms with Crippen LogP contribution >= 0.6 is 0 Å². The van der Waals surface area contributed by atoms with E-state index in [1.165, 1.54) is 30.3 Å². The van der Waals surface area contributed by atoms with Gasteiger partial charge in [-0.1, -0.05) is 47.1 Å². The summed E-state index contributed by atoms with van der Waals surface area (Å²) in [5.74, 6) is 0.476. The molecule has 0 aliphatic heterocycles. The number of hydrogen-bond donors (Lipinski definition) is 1. The third-order valence-corrected chi connectivity index (χ3v) is 5.85. The highest BCUT2D eigenvalue weighted by atomic mass is 32.2. The Hall–Kier alpha value is -3.96. The fraction of sp³-hybridized carbons (Fsp3) is 0.0455. The Balaban J connectivity index is 1.68. The first-order chi connectivity index (χ1) is 14.5. The second kappa shape index (κ2) is 7.81. The van der Waals surface area contributed by atoms with E-state index < -0.39 is 10.0 Å². The van der Waals surface area contributed by atoms with Crippen molar-refractivity contribution in [2.45, 2.75) is 11.8 Å². The largest absolute Gasteiger partial charge is 0.334 e. The van der Waals surface area contributed by atoms with E-state index >= 15 is 0 Å². The molecule has 1 heterocycles. The first-order valence-electron chi connectivity index (χ1n) is 8.99. The van der Waals surface area contributed by atoms with Gasteiger partial charge in [0.25, 0.3) is 15.9 Å². The zero-order valence-electron chi connectivity index (χ0n) is 15.9. The van der Waals surface area contributed by atoms with Crippen LogP contribution in [0.15, 0.2) is 82.2 Å². The Labute approximate surface area is 173 Å². The number of sulfonamides is 1. The SMILES string of the molecule is Cc1ccc(-c2noc(-c3ccccc3S(=O)(=O)Nc3ccc(C#N)cc3)n2)cc1. The molecule has 0 amide bonds. The first-order valence-corrected chi connectivity index (χ1v) is 10.5. The number of rotatable bonds is 5. The van der Waals surface area contributed by atoms with Gasteiger partial charge in [0, 0.05) is 11.3 Å². The van der Waals surface area contributed by atoms with Gasteiger partial charge in [-0.3, -0.25) is 4.72 Å². The third-order valence-electron chi connectivity index (χ3n) is 4.41. The van der Waals surface area contributed by atoms with Crippen LogP contribution in [-0.4, -0.2) is 18.6 Å². The number of aryl methyl sites for hydroxylation is 1. The van der Waals surface area contributed by atoms with Crippen LogP contribution < -0.4 is 4.72 Å². The molecule has 0 fully saturated rings. The topological polar surface area (TPSA) is 109 Å². The summed E-state index contributed by atoms with van der Waals surface area (Å²) in [6.07, 6.45) is 0. The molecular formula is C22H16N4O3S. The molecular weight excluding hydrogens is 400 g/mol. The number of benzene rings is 3. The van der Waals surface area contributed by atoms with Crippen molar-refractivity contribution in [3.8, 4) is 28.9 Å². The molecule has 0 aliphatic rings. The lowest BCUT2D eigenvalue weighted by Crippen LogP contribution is -2.14. The maximum atomic E-state index is 13.0. The van der Waals surface area contributed by atoms with Crippen LogP contribution in [0.25, 0.3) is 22.8 Å². The van der Waals surface area contributed by atoms with E-state index in [2.05, 4.69) is 14.9 Å². The number of nitriles is 1. The van der Waals surface area contributed by atoms with Crippen molar-refractivity contribution in [2.75, 3.05) is 4.72 Å². The van der Waals surface area contributed by atoms with Crippen molar-refractivity contribution in [2.24, 2.45) is 0 Å². The standard InChI is InChI=1S/C22H16N4O3S/c1-15-6-10-17(11-7-15)21-24-22(29-25-21)19-4-2-3-5-20(19)30(27,28)26-18-12-8-16(14-23)9-13-18/h2-13,26H,1H3. The van der Waals surface area contributed by atoms with Crippen LogP contribution in [0.3, 0.4) is 0 Å². The quantitative estimate of drug-likeness (QED) is 0.517. The Kier molecular flexibility index (Phi) is 5.04. The lowest BCUT2D eigenvalue weighted by atomic mass is 10.1. The van der Waals surface area contributed by atoms with E-state index in [-0.39, 0.29) is 10.8 Å². The summed E-state index contributed by atoms with van der Waals surface area (Å²) in [7, 11) is -3.93. The van der Waals surface area contributed by atoms with E-state index in [0.717, 1.165) is 11.1 Å². The Morgan fingerprint density at radius 2 is 1.67 bits per heavy atom. The molecule has 0 bridgehead atoms. The van der Waals surface area contributed by atoms with E-state index in [1.54, 1.807) is 18.2 Å². The monoisotopic (exact) mass is 416 g/mol. The number of aromatic nitrogens is 2. The highest BCUT2D eigenvalue weighted by Crippen LogP contribution is 2.29. The van der Waals surface area contributed by atoms with E-state index in [4.69, 9.17) is 9.78 Å². The van der Waals surface area contributed by atoms with Gasteiger partial charge in [0.05, 0.1) is 17.2 Å². The van der Waals surface area contributed by atoms with Crippen LogP contribution in [0.4, 0.5) is 5.69 Å². The molecule has 0 aliphatic carbocycles. The molecule has 0 saturated carbocycles. The van der Waals surface area contributed by atoms with Gasteiger partial charge in [-0.15, -0.1) is 0 Å². The summed E-state index contributed by atoms with van der Waals surface area (Å²) in [5, 5.41) is 12.9. The molecule has 0 radical (unpaired) electrons. The fourth-order valence-corrected chi connectivity index (χ4v) is 4.11. The smallest absolute Gasteiger partial charge is 0.262 e. The third kappa shape index (κ3) is 3.92. The molecule has 8 heteroatoms. The number of hydrogen-bond acceptors (Lipinski definition) is 6. The predicted octanol–water partition coefficient (Wildman–Crippen LogP) is 4.38. The maximum Gasteiger partial charge on any atom is 0.262 e. The molecule has 0 saturated heterocycles. The zero-order valence-corrected chi connectivity index (χ0v) is 16.7. The molecule has 4 aromatic rings. The molecule has 4 rings (SSSR count). The number of nitrogens with one attached hydrogen (secondary N) is 1. The number of anilines is 1. The van der Waals surface area contributed by atoms with Gasteiger partial charge in [0.15, 0.2) is 0 Å². The van der Waals surface area contributed by atoms with Crippen molar-refractivity contribution in [3.05, 3.63) is 83.9 Å². The number of nitrogens with zero attached hydrogens (tertiary/aromatic N) is 3. The highest BCUT2D eigenvalue weighted by Gasteiger charge is 2.23. The molecule has 0 atom stereocenters. The maximum absolute atomic E-state index is 13.0. The Morgan fingerprint density at radius 3 is 2.37 bits per heavy atom. The van der Waals surface area contributed by atoms with Crippen LogP contribution in [-0.2, 0) is 10.0 Å². The summed E-state index contributed by atoms with van der Waals surface area (Å²) in [6.45, 7) is 1.98. The second-order valence-electron chi connectivity index (χ2n) is 6.58. The summed E-state index contributed by atoms with van der Waals surface area (Å²) >= 11 is 0. The molecule has 7 nitrogen and oxygen atoms in total. The molecule has 3 aromatic carbocycles. The predicted molar refractivity (Wildman–Crippen MR) is 112 cm³/mol. The van der Waals surface area contributed by atoms with Crippen LogP contribution in [0, 0.1) is 18.3 Å². The second-order valence-corrected chi connectivity index (χ2v) is 8.23. The summed E-state index contributed by atoms with van der Waals surface area (Å²) in [5.41, 5.74) is 2.95. The van der Waals surface area contributed by atoms with Gasteiger partial charge in [0.2, 0.25) is 5.82 Å². The Bertz CT molecular complexity index is 1340. The van der Waals surface area contributed by atoms with Crippen molar-refractivity contribution in [3.63, 3.8) is 0 Å². The fourth-order valence-electron chi connectivity index (χ4n) is 2.85. The van der Waals surface area contributed by atoms with Crippen molar-refractivity contribution < 1.29 is 12.9 Å². The van der Waals surface area contributed by atoms with Crippen molar-refractivity contribution in [1.82, 2.24) is 10.1 Å². The molecule has 0 unspecified atom stereocenters. The summed E-state index contributed by atoms with van der Waals surface area (Å²) < 4.78 is 33.9. The minimum atomic E-state index is -3.93. The van der Waals surface area contributed by atoms with Gasteiger partial charge >= 0.3 is 0 Å². The average Bonchev–Trinajstić information content (AvgIpc) is 3.25. The summed E-state index contributed by atoms with van der Waals surface area (Å²) in [6, 6.07) is 22.1. The van der Waals surface area contributed by atoms with Crippen molar-refractivity contribution >= 4 is 15.7 Å². The van der Waals surface area contributed by atoms with Crippen molar-refractivity contribution in [1.29, 1.82) is 5.26 Å². The van der Waals surface area contributed by atoms with Gasteiger partial charge in [0.1, 0.15) is 4.90 Å². The highest BCUT2D eigenvalue weighted by molar-refractivity contribution is 7.92. The van der Waals surface area contributed by atoms with Gasteiger partial charge in [-0.25, -0.2) is 8.42 Å². The van der Waals surface area contributed by atoms with Crippen LogP contribution in [0.2, 0.25) is 0 Å². The first kappa shape index (κ1) is 19.4. The zero-order chi connectivity index (χ0) is 21.1. The van der Waals surface area contributed by atoms with Gasteiger partial charge in [-0.2, -0.15) is 10.2 Å². The molecule has 1 aromatic heterocycles. The molecule has 0 spiro atoms. The lowest BCUT2D eigenvalue weighted by Gasteiger charge is -2.10. The Morgan fingerprint density at radius 1 is 0.967 bits per heavy atom. The van der Waals surface area contributed by atoms with Gasteiger partial charge in [-0.05, 0) is 43.3 Å². The van der Waals surface area contributed by atoms with Crippen LogP contribution in [0.5, 0.6) is 0 Å². The minimum absolute atomic E-state index is 0.00784.